The fraction of sp³-hybridized carbons (Fsp3) is 0.333. The Bertz CT molecular complexity index is 1490. The number of aromatic hydroxyl groups is 2. The Labute approximate surface area is 297 Å². The maximum absolute atomic E-state index is 11.4. The molecule has 1 aliphatic rings. The predicted octanol–water partition coefficient (Wildman–Crippen LogP) is 11.9. The summed E-state index contributed by atoms with van der Waals surface area (Å²) in [5, 5.41) is 17.3. The molecule has 4 nitrogen and oxygen atoms in total. The van der Waals surface area contributed by atoms with E-state index in [1.54, 1.807) is 48.5 Å². The molecule has 1 heterocycles. The van der Waals surface area contributed by atoms with Gasteiger partial charge < -0.3 is 15.7 Å². The number of benzene rings is 4. The standard InChI is InChI=1S/C30H40N2.2C6H6O.Pd/c1-4-7-10-11-18-28-23-29(26-19-12-16-24(21-26)14-8-5-2)32(31)30(28)27-20-13-17-25(22-27)15-9-6-3;2*7-6-4-2-1-3-5-6;/h12-13,16-17,19-23H,4-11,14-15,18H2,1-3H3;2*1-5,7H;. The third kappa shape index (κ3) is 13.9. The zero-order chi connectivity index (χ0) is 33.0. The number of allylic oxidation sites excluding steroid dienone is 2. The molecule has 0 amide bonds. The van der Waals surface area contributed by atoms with Crippen molar-refractivity contribution in [2.75, 3.05) is 0 Å². The molecule has 0 aromatic heterocycles. The molecule has 0 aliphatic carbocycles. The van der Waals surface area contributed by atoms with E-state index in [4.69, 9.17) is 10.2 Å². The molecule has 0 saturated carbocycles. The van der Waals surface area contributed by atoms with Crippen LogP contribution in [-0.2, 0) is 33.3 Å². The Hall–Kier alpha value is -3.78. The van der Waals surface area contributed by atoms with Crippen LogP contribution in [0, 0.1) is 0 Å². The van der Waals surface area contributed by atoms with Crippen molar-refractivity contribution in [1.82, 2.24) is 0 Å². The number of aryl methyl sites for hydroxylation is 2. The number of unbranched alkanes of at least 4 members (excludes halogenated alkanes) is 5. The molecule has 0 fully saturated rings. The first kappa shape index (κ1) is 39.4. The van der Waals surface area contributed by atoms with Crippen molar-refractivity contribution in [2.24, 2.45) is 0 Å². The van der Waals surface area contributed by atoms with Crippen molar-refractivity contribution >= 4 is 11.4 Å². The molecule has 0 saturated heterocycles. The van der Waals surface area contributed by atoms with Gasteiger partial charge in [0.2, 0.25) is 11.4 Å². The molecule has 5 rings (SSSR count). The number of phenolic OH excluding ortho intramolecular Hbond substituents is 2. The molecule has 0 spiro atoms. The van der Waals surface area contributed by atoms with Gasteiger partial charge in [-0.2, -0.15) is 0 Å². The van der Waals surface area contributed by atoms with Gasteiger partial charge in [0.15, 0.2) is 0 Å². The fourth-order valence-electron chi connectivity index (χ4n) is 5.38. The maximum atomic E-state index is 11.4. The van der Waals surface area contributed by atoms with E-state index in [1.165, 1.54) is 66.3 Å². The number of hydrogen-bond acceptors (Lipinski definition) is 2. The van der Waals surface area contributed by atoms with E-state index in [-0.39, 0.29) is 20.4 Å². The number of para-hydroxylation sites is 2. The summed E-state index contributed by atoms with van der Waals surface area (Å²) in [7, 11) is 0. The summed E-state index contributed by atoms with van der Waals surface area (Å²) >= 11 is 0. The first-order chi connectivity index (χ1) is 22.5. The van der Waals surface area contributed by atoms with Gasteiger partial charge in [0.05, 0.1) is 0 Å². The second kappa shape index (κ2) is 22.7. The van der Waals surface area contributed by atoms with Crippen molar-refractivity contribution < 1.29 is 35.3 Å². The van der Waals surface area contributed by atoms with Gasteiger partial charge in [-0.05, 0) is 98.2 Å². The summed E-state index contributed by atoms with van der Waals surface area (Å²) < 4.78 is 1.45. The van der Waals surface area contributed by atoms with Crippen LogP contribution in [0.15, 0.2) is 121 Å². The van der Waals surface area contributed by atoms with Crippen LogP contribution in [-0.4, -0.2) is 14.9 Å². The average Bonchev–Trinajstić information content (AvgIpc) is 3.42. The molecular formula is C42H52N2O2Pd. The molecule has 0 unspecified atom stereocenters. The zero-order valence-corrected chi connectivity index (χ0v) is 29.9. The van der Waals surface area contributed by atoms with E-state index >= 15 is 0 Å². The van der Waals surface area contributed by atoms with Gasteiger partial charge >= 0.3 is 0 Å². The van der Waals surface area contributed by atoms with E-state index in [2.05, 4.69) is 75.4 Å². The minimum Gasteiger partial charge on any atom is -0.508 e. The SMILES string of the molecule is CCCCCCC1=C(c2cccc(CCCC)c2)[N+](=[N-])C(c2cccc(CCCC)c2)=C1.Oc1ccccc1.Oc1ccccc1.[Pd]. The first-order valence-corrected chi connectivity index (χ1v) is 17.1. The minimum atomic E-state index is 0. The molecule has 0 atom stereocenters. The molecule has 4 aromatic carbocycles. The van der Waals surface area contributed by atoms with Gasteiger partial charge in [0.25, 0.3) is 0 Å². The Morgan fingerprint density at radius 1 is 0.532 bits per heavy atom. The number of phenols is 2. The monoisotopic (exact) mass is 722 g/mol. The Morgan fingerprint density at radius 2 is 1.02 bits per heavy atom. The van der Waals surface area contributed by atoms with Crippen molar-refractivity contribution in [3.63, 3.8) is 0 Å². The van der Waals surface area contributed by atoms with Crippen molar-refractivity contribution in [3.05, 3.63) is 149 Å². The van der Waals surface area contributed by atoms with Crippen LogP contribution in [0.2, 0.25) is 0 Å². The molecule has 0 bridgehead atoms. The smallest absolute Gasteiger partial charge is 0.210 e. The maximum Gasteiger partial charge on any atom is 0.210 e. The summed E-state index contributed by atoms with van der Waals surface area (Å²) in [6, 6.07) is 34.9. The molecule has 252 valence electrons. The summed E-state index contributed by atoms with van der Waals surface area (Å²) in [5.74, 6) is 0.644. The molecule has 47 heavy (non-hydrogen) atoms. The van der Waals surface area contributed by atoms with Crippen molar-refractivity contribution in [1.29, 1.82) is 0 Å². The van der Waals surface area contributed by atoms with Crippen LogP contribution in [0.5, 0.6) is 11.5 Å². The van der Waals surface area contributed by atoms with E-state index in [0.717, 1.165) is 48.2 Å². The fourth-order valence-corrected chi connectivity index (χ4v) is 5.38. The van der Waals surface area contributed by atoms with Crippen LogP contribution in [0.4, 0.5) is 0 Å². The van der Waals surface area contributed by atoms with Gasteiger partial charge in [-0.25, -0.2) is 4.70 Å². The van der Waals surface area contributed by atoms with E-state index in [0.29, 0.717) is 11.5 Å². The van der Waals surface area contributed by atoms with Crippen LogP contribution in [0.3, 0.4) is 0 Å². The van der Waals surface area contributed by atoms with Crippen molar-refractivity contribution in [2.45, 2.75) is 91.4 Å². The van der Waals surface area contributed by atoms with Gasteiger partial charge in [0, 0.05) is 43.2 Å². The second-order valence-electron chi connectivity index (χ2n) is 11.8. The van der Waals surface area contributed by atoms with Crippen molar-refractivity contribution in [3.8, 4) is 11.5 Å². The molecule has 2 N–H and O–H groups in total. The summed E-state index contributed by atoms with van der Waals surface area (Å²) in [6.07, 6.45) is 15.1. The van der Waals surface area contributed by atoms with E-state index in [9.17, 15) is 5.53 Å². The molecule has 1 aliphatic heterocycles. The predicted molar refractivity (Wildman–Crippen MR) is 194 cm³/mol. The van der Waals surface area contributed by atoms with Crippen LogP contribution in [0.1, 0.15) is 101 Å². The summed E-state index contributed by atoms with van der Waals surface area (Å²) in [6.45, 7) is 6.72. The third-order valence-electron chi connectivity index (χ3n) is 7.93. The number of nitrogens with zero attached hydrogens (tertiary/aromatic N) is 2. The normalized spacial score (nSPS) is 11.9. The minimum absolute atomic E-state index is 0. The molecule has 5 heteroatoms. The number of hydrogen-bond donors (Lipinski definition) is 2. The Kier molecular flexibility index (Phi) is 19.0. The molecular weight excluding hydrogens is 671 g/mol. The third-order valence-corrected chi connectivity index (χ3v) is 7.93. The van der Waals surface area contributed by atoms with Crippen LogP contribution in [0.25, 0.3) is 16.9 Å². The zero-order valence-electron chi connectivity index (χ0n) is 28.4. The van der Waals surface area contributed by atoms with Gasteiger partial charge in [-0.1, -0.05) is 114 Å². The van der Waals surface area contributed by atoms with Gasteiger partial charge in [-0.15, -0.1) is 0 Å². The van der Waals surface area contributed by atoms with Crippen LogP contribution >= 0.6 is 0 Å². The Morgan fingerprint density at radius 3 is 1.49 bits per heavy atom. The van der Waals surface area contributed by atoms with Gasteiger partial charge in [-0.3, -0.25) is 0 Å². The van der Waals surface area contributed by atoms with Gasteiger partial charge in [0.1, 0.15) is 11.5 Å². The largest absolute Gasteiger partial charge is 0.508 e. The Balaban J connectivity index is 0.000000419. The van der Waals surface area contributed by atoms with E-state index < -0.39 is 0 Å². The summed E-state index contributed by atoms with van der Waals surface area (Å²) in [4.78, 5) is 0. The molecule has 0 radical (unpaired) electrons. The first-order valence-electron chi connectivity index (χ1n) is 17.1. The van der Waals surface area contributed by atoms with E-state index in [1.807, 2.05) is 12.1 Å². The number of rotatable bonds is 13. The second-order valence-corrected chi connectivity index (χ2v) is 11.8. The summed E-state index contributed by atoms with van der Waals surface area (Å²) in [5.41, 5.74) is 19.4. The quantitative estimate of drug-likeness (QED) is 0.0819. The average molecular weight is 723 g/mol. The molecule has 4 aromatic rings. The van der Waals surface area contributed by atoms with Crippen LogP contribution < -0.4 is 0 Å². The topological polar surface area (TPSA) is 65.8 Å².